The summed E-state index contributed by atoms with van der Waals surface area (Å²) in [6, 6.07) is 10.1. The molecule has 0 aromatic heterocycles. The normalized spacial score (nSPS) is 11.5. The quantitative estimate of drug-likeness (QED) is 0.0700. The van der Waals surface area contributed by atoms with Crippen LogP contribution in [-0.4, -0.2) is 171 Å². The van der Waals surface area contributed by atoms with Crippen molar-refractivity contribution in [3.05, 3.63) is 35.9 Å². The molecule has 14 heteroatoms. The van der Waals surface area contributed by atoms with Gasteiger partial charge in [-0.1, -0.05) is 43.2 Å². The average Bonchev–Trinajstić information content (AvgIpc) is 3.15. The van der Waals surface area contributed by atoms with Gasteiger partial charge in [0.05, 0.1) is 165 Å². The zero-order valence-corrected chi connectivity index (χ0v) is 31.7. The Morgan fingerprint density at radius 3 is 0.824 bits per heavy atom. The van der Waals surface area contributed by atoms with Crippen LogP contribution in [0.15, 0.2) is 30.3 Å². The Morgan fingerprint density at radius 2 is 0.529 bits per heavy atom. The lowest BCUT2D eigenvalue weighted by molar-refractivity contribution is -0.0292. The Bertz CT molecular complexity index is 769. The Hall–Kier alpha value is -1.01. The lowest BCUT2D eigenvalue weighted by Gasteiger charge is -2.09. The Kier molecular flexibility index (Phi) is 40.9. The Balaban J connectivity index is 1.60. The maximum atomic E-state index is 5.66. The van der Waals surface area contributed by atoms with E-state index < -0.39 is 0 Å². The summed E-state index contributed by atoms with van der Waals surface area (Å²) in [5.74, 6) is 0.743. The fraction of sp³-hybridized carbons (Fsp3) is 0.838. The number of benzene rings is 1. The molecule has 0 unspecified atom stereocenters. The van der Waals surface area contributed by atoms with E-state index in [0.717, 1.165) is 30.9 Å². The minimum atomic E-state index is 0.509. The van der Waals surface area contributed by atoms with Crippen molar-refractivity contribution in [2.24, 2.45) is 0 Å². The number of hydrogen-bond donors (Lipinski definition) is 0. The van der Waals surface area contributed by atoms with Crippen molar-refractivity contribution in [3.63, 3.8) is 0 Å². The summed E-state index contributed by atoms with van der Waals surface area (Å²) in [7, 11) is 0. The zero-order valence-electron chi connectivity index (χ0n) is 31.0. The minimum Gasteiger partial charge on any atom is -0.379 e. The molecule has 0 fully saturated rings. The molecule has 51 heavy (non-hydrogen) atoms. The van der Waals surface area contributed by atoms with E-state index in [0.29, 0.717) is 165 Å². The first kappa shape index (κ1) is 48.0. The molecule has 0 aliphatic heterocycles. The number of alkyl halides is 1. The van der Waals surface area contributed by atoms with E-state index in [4.69, 9.17) is 73.2 Å². The van der Waals surface area contributed by atoms with Gasteiger partial charge in [0.2, 0.25) is 0 Å². The monoisotopic (exact) mass is 754 g/mol. The molecule has 0 N–H and O–H groups in total. The van der Waals surface area contributed by atoms with Crippen LogP contribution in [0.25, 0.3) is 0 Å². The van der Waals surface area contributed by atoms with Crippen LogP contribution in [-0.2, 0) is 68.2 Å². The molecule has 0 atom stereocenters. The van der Waals surface area contributed by atoms with E-state index in [1.807, 2.05) is 30.3 Å². The molecule has 0 aliphatic carbocycles. The van der Waals surface area contributed by atoms with E-state index >= 15 is 0 Å². The minimum absolute atomic E-state index is 0.509. The van der Waals surface area contributed by atoms with E-state index in [9.17, 15) is 0 Å². The standard InChI is InChI=1S/C37H67ClO13/c38-10-6-1-2-7-11-39-12-13-40-14-15-41-16-17-42-18-19-43-20-21-44-22-23-45-24-25-46-26-27-47-28-29-48-30-31-49-32-33-50-34-35-51-36-37-8-4-3-5-9-37/h3-5,8-9H,1-2,6-7,10-36H2. The van der Waals surface area contributed by atoms with Gasteiger partial charge in [-0.05, 0) is 18.4 Å². The summed E-state index contributed by atoms with van der Waals surface area (Å²) in [4.78, 5) is 0. The van der Waals surface area contributed by atoms with Crippen LogP contribution in [0.1, 0.15) is 31.2 Å². The molecule has 1 aromatic rings. The first-order valence-corrected chi connectivity index (χ1v) is 19.1. The predicted octanol–water partition coefficient (Wildman–Crippen LogP) is 4.20. The molecule has 0 amide bonds. The van der Waals surface area contributed by atoms with Crippen LogP contribution >= 0.6 is 11.6 Å². The molecule has 13 nitrogen and oxygen atoms in total. The summed E-state index contributed by atoms with van der Waals surface area (Å²) in [5.41, 5.74) is 1.16. The van der Waals surface area contributed by atoms with Crippen LogP contribution in [0.2, 0.25) is 0 Å². The van der Waals surface area contributed by atoms with Crippen molar-refractivity contribution in [3.8, 4) is 0 Å². The topological polar surface area (TPSA) is 120 Å². The third-order valence-electron chi connectivity index (χ3n) is 6.75. The van der Waals surface area contributed by atoms with Gasteiger partial charge < -0.3 is 61.6 Å². The van der Waals surface area contributed by atoms with E-state index in [-0.39, 0.29) is 0 Å². The van der Waals surface area contributed by atoms with Crippen molar-refractivity contribution in [1.29, 1.82) is 0 Å². The molecule has 0 bridgehead atoms. The average molecular weight is 755 g/mol. The predicted molar refractivity (Wildman–Crippen MR) is 195 cm³/mol. The summed E-state index contributed by atoms with van der Waals surface area (Å²) in [6.45, 7) is 14.1. The first-order valence-electron chi connectivity index (χ1n) is 18.5. The molecule has 0 saturated carbocycles. The van der Waals surface area contributed by atoms with Crippen molar-refractivity contribution in [2.45, 2.75) is 32.3 Å². The molecular formula is C37H67ClO13. The van der Waals surface area contributed by atoms with E-state index in [1.54, 1.807) is 0 Å². The number of hydrogen-bond acceptors (Lipinski definition) is 13. The van der Waals surface area contributed by atoms with Gasteiger partial charge in [0.25, 0.3) is 0 Å². The SMILES string of the molecule is ClCCCCCCOCCOCCOCCOCCOCCOCCOCCOCCOCCOCCOCCOCCOCc1ccccc1. The second-order valence-corrected chi connectivity index (χ2v) is 11.4. The van der Waals surface area contributed by atoms with E-state index in [2.05, 4.69) is 0 Å². The third kappa shape index (κ3) is 40.0. The van der Waals surface area contributed by atoms with Crippen molar-refractivity contribution in [1.82, 2.24) is 0 Å². The highest BCUT2D eigenvalue weighted by Gasteiger charge is 1.98. The fourth-order valence-corrected chi connectivity index (χ4v) is 4.24. The molecule has 0 radical (unpaired) electrons. The van der Waals surface area contributed by atoms with Crippen LogP contribution in [0.4, 0.5) is 0 Å². The molecule has 1 rings (SSSR count). The highest BCUT2D eigenvalue weighted by molar-refractivity contribution is 6.17. The highest BCUT2D eigenvalue weighted by atomic mass is 35.5. The third-order valence-corrected chi connectivity index (χ3v) is 7.02. The lowest BCUT2D eigenvalue weighted by atomic mass is 10.2. The van der Waals surface area contributed by atoms with Crippen LogP contribution < -0.4 is 0 Å². The molecule has 1 aromatic carbocycles. The molecule has 0 heterocycles. The number of ether oxygens (including phenoxy) is 13. The Labute approximate surface area is 312 Å². The van der Waals surface area contributed by atoms with Gasteiger partial charge in [-0.15, -0.1) is 11.6 Å². The summed E-state index contributed by atoms with van der Waals surface area (Å²) >= 11 is 5.66. The van der Waals surface area contributed by atoms with Gasteiger partial charge in [-0.2, -0.15) is 0 Å². The zero-order chi connectivity index (χ0) is 36.2. The second-order valence-electron chi connectivity index (χ2n) is 11.0. The number of rotatable bonds is 44. The Morgan fingerprint density at radius 1 is 0.275 bits per heavy atom. The maximum Gasteiger partial charge on any atom is 0.0718 e. The second kappa shape index (κ2) is 43.4. The van der Waals surface area contributed by atoms with Gasteiger partial charge in [0.1, 0.15) is 0 Å². The van der Waals surface area contributed by atoms with Gasteiger partial charge in [0.15, 0.2) is 0 Å². The molecule has 0 spiro atoms. The van der Waals surface area contributed by atoms with Gasteiger partial charge >= 0.3 is 0 Å². The maximum absolute atomic E-state index is 5.66. The van der Waals surface area contributed by atoms with E-state index in [1.165, 1.54) is 12.8 Å². The number of unbranched alkanes of at least 4 members (excludes halogenated alkanes) is 3. The summed E-state index contributed by atoms with van der Waals surface area (Å²) < 4.78 is 71.5. The summed E-state index contributed by atoms with van der Waals surface area (Å²) in [6.07, 6.45) is 4.49. The highest BCUT2D eigenvalue weighted by Crippen LogP contribution is 2.01. The fourth-order valence-electron chi connectivity index (χ4n) is 4.06. The molecule has 300 valence electrons. The van der Waals surface area contributed by atoms with Crippen LogP contribution in [0.3, 0.4) is 0 Å². The van der Waals surface area contributed by atoms with Gasteiger partial charge in [-0.25, -0.2) is 0 Å². The largest absolute Gasteiger partial charge is 0.379 e. The smallest absolute Gasteiger partial charge is 0.0718 e. The van der Waals surface area contributed by atoms with Crippen LogP contribution in [0.5, 0.6) is 0 Å². The molecule has 0 aliphatic rings. The van der Waals surface area contributed by atoms with Gasteiger partial charge in [0, 0.05) is 12.5 Å². The van der Waals surface area contributed by atoms with Crippen molar-refractivity contribution in [2.75, 3.05) is 171 Å². The summed E-state index contributed by atoms with van der Waals surface area (Å²) in [5, 5.41) is 0. The first-order chi connectivity index (χ1) is 25.4. The molecule has 0 saturated heterocycles. The number of halogens is 1. The van der Waals surface area contributed by atoms with Crippen molar-refractivity contribution < 1.29 is 61.6 Å². The molecular weight excluding hydrogens is 688 g/mol. The van der Waals surface area contributed by atoms with Crippen molar-refractivity contribution >= 4 is 11.6 Å². The van der Waals surface area contributed by atoms with Crippen LogP contribution in [0, 0.1) is 0 Å². The lowest BCUT2D eigenvalue weighted by Crippen LogP contribution is -2.15. The van der Waals surface area contributed by atoms with Gasteiger partial charge in [-0.3, -0.25) is 0 Å².